The van der Waals surface area contributed by atoms with Gasteiger partial charge in [-0.15, -0.1) is 0 Å². The third kappa shape index (κ3) is 15.0. The Labute approximate surface area is 257 Å². The largest absolute Gasteiger partial charge is 0.382 e. The molecule has 0 aromatic heterocycles. The average Bonchev–Trinajstić information content (AvgIpc) is 2.96. The Morgan fingerprint density at radius 3 is 1.67 bits per heavy atom. The summed E-state index contributed by atoms with van der Waals surface area (Å²) in [6, 6.07) is 2.82. The highest BCUT2D eigenvalue weighted by Crippen LogP contribution is 2.46. The Hall–Kier alpha value is -0.440. The maximum atomic E-state index is 8.84. The second kappa shape index (κ2) is 24.8. The number of ether oxygens (including phenoxy) is 6. The first kappa shape index (κ1) is 39.6. The van der Waals surface area contributed by atoms with E-state index in [0.29, 0.717) is 44.9 Å². The topological polar surface area (TPSA) is 101 Å². The van der Waals surface area contributed by atoms with Crippen LogP contribution in [0.2, 0.25) is 0 Å². The van der Waals surface area contributed by atoms with Gasteiger partial charge in [-0.3, -0.25) is 0 Å². The molecule has 42 heavy (non-hydrogen) atoms. The van der Waals surface area contributed by atoms with E-state index in [1.54, 1.807) is 28.4 Å². The quantitative estimate of drug-likeness (QED) is 0.0775. The molecular weight excluding hydrogens is 559 g/mol. The van der Waals surface area contributed by atoms with Crippen molar-refractivity contribution in [3.8, 4) is 6.07 Å². The van der Waals surface area contributed by atoms with Crippen molar-refractivity contribution in [2.75, 3.05) is 54.9 Å². The first-order valence-corrected chi connectivity index (χ1v) is 17.0. The normalized spacial score (nSPS) is 23.6. The van der Waals surface area contributed by atoms with Crippen LogP contribution in [0.25, 0.3) is 0 Å². The van der Waals surface area contributed by atoms with Crippen molar-refractivity contribution in [2.45, 2.75) is 141 Å². The Morgan fingerprint density at radius 2 is 1.19 bits per heavy atom. The molecule has 10 nitrogen and oxygen atoms in total. The second-order valence-electron chi connectivity index (χ2n) is 11.4. The lowest BCUT2D eigenvalue weighted by Gasteiger charge is -2.44. The molecule has 1 unspecified atom stereocenters. The molecular formula is C31H61N2O8P. The van der Waals surface area contributed by atoms with Crippen LogP contribution in [-0.4, -0.2) is 102 Å². The molecule has 1 aliphatic rings. The van der Waals surface area contributed by atoms with Crippen molar-refractivity contribution in [3.63, 3.8) is 0 Å². The van der Waals surface area contributed by atoms with Crippen LogP contribution in [0.5, 0.6) is 0 Å². The number of rotatable bonds is 26. The molecule has 11 heteroatoms. The number of unbranched alkanes of at least 4 members (excludes halogenated alkanes) is 9. The van der Waals surface area contributed by atoms with E-state index in [1.165, 1.54) is 44.9 Å². The van der Waals surface area contributed by atoms with E-state index in [9.17, 15) is 0 Å². The molecule has 0 saturated carbocycles. The van der Waals surface area contributed by atoms with Crippen LogP contribution < -0.4 is 0 Å². The molecule has 0 aromatic rings. The molecule has 0 bridgehead atoms. The molecule has 0 aliphatic carbocycles. The molecule has 0 N–H and O–H groups in total. The van der Waals surface area contributed by atoms with Gasteiger partial charge in [0, 0.05) is 47.1 Å². The van der Waals surface area contributed by atoms with Gasteiger partial charge in [0.15, 0.2) is 6.29 Å². The number of nitriles is 1. The van der Waals surface area contributed by atoms with E-state index in [4.69, 9.17) is 42.7 Å². The number of methoxy groups -OCH3 is 4. The standard InChI is InChI=1S/C31H61N2O8P/c1-25(2)33(26(3)4)42(40-23-19-20-32)39-22-18-16-14-12-10-9-11-13-15-17-21-38-31-30(37-8)29(36-7)28(35-6)27(41-31)24-34-5/h25-31H,9-19,21-24H2,1-8H3/t27-,28-,29+,30-,31-,42?/m1/s1. The van der Waals surface area contributed by atoms with Gasteiger partial charge in [0.1, 0.15) is 24.4 Å². The molecule has 0 spiro atoms. The van der Waals surface area contributed by atoms with E-state index in [-0.39, 0.29) is 24.4 Å². The van der Waals surface area contributed by atoms with E-state index in [0.717, 1.165) is 19.3 Å². The average molecular weight is 621 g/mol. The molecule has 0 amide bonds. The predicted molar refractivity (Wildman–Crippen MR) is 166 cm³/mol. The van der Waals surface area contributed by atoms with Crippen LogP contribution >= 0.6 is 8.53 Å². The highest BCUT2D eigenvalue weighted by molar-refractivity contribution is 7.44. The molecule has 0 aromatic carbocycles. The van der Waals surface area contributed by atoms with E-state index < -0.39 is 14.8 Å². The minimum atomic E-state index is -1.13. The molecule has 6 atom stereocenters. The summed E-state index contributed by atoms with van der Waals surface area (Å²) < 4.78 is 48.9. The summed E-state index contributed by atoms with van der Waals surface area (Å²) in [6.07, 6.45) is 10.5. The summed E-state index contributed by atoms with van der Waals surface area (Å²) in [6.45, 7) is 10.8. The Balaban J connectivity index is 2.15. The predicted octanol–water partition coefficient (Wildman–Crippen LogP) is 6.61. The Morgan fingerprint density at radius 1 is 0.690 bits per heavy atom. The lowest BCUT2D eigenvalue weighted by molar-refractivity contribution is -0.313. The maximum Gasteiger partial charge on any atom is 0.259 e. The first-order valence-electron chi connectivity index (χ1n) is 15.9. The minimum absolute atomic E-state index is 0.277. The van der Waals surface area contributed by atoms with Gasteiger partial charge in [0.2, 0.25) is 0 Å². The highest BCUT2D eigenvalue weighted by Gasteiger charge is 2.47. The smallest absolute Gasteiger partial charge is 0.259 e. The minimum Gasteiger partial charge on any atom is -0.382 e. The van der Waals surface area contributed by atoms with Crippen molar-refractivity contribution >= 4 is 8.53 Å². The van der Waals surface area contributed by atoms with Gasteiger partial charge in [-0.2, -0.15) is 5.26 Å². The zero-order valence-electron chi connectivity index (χ0n) is 27.8. The summed E-state index contributed by atoms with van der Waals surface area (Å²) in [5.41, 5.74) is 0. The van der Waals surface area contributed by atoms with Gasteiger partial charge < -0.3 is 37.5 Å². The fourth-order valence-corrected chi connectivity index (χ4v) is 7.01. The van der Waals surface area contributed by atoms with Crippen LogP contribution in [0.4, 0.5) is 0 Å². The van der Waals surface area contributed by atoms with Crippen LogP contribution in [0.3, 0.4) is 0 Å². The van der Waals surface area contributed by atoms with Gasteiger partial charge in [-0.1, -0.05) is 51.4 Å². The van der Waals surface area contributed by atoms with Gasteiger partial charge in [-0.05, 0) is 40.5 Å². The summed E-state index contributed by atoms with van der Waals surface area (Å²) in [4.78, 5) is 0. The van der Waals surface area contributed by atoms with Crippen LogP contribution in [-0.2, 0) is 37.5 Å². The first-order chi connectivity index (χ1) is 20.4. The molecule has 1 rings (SSSR count). The van der Waals surface area contributed by atoms with Gasteiger partial charge in [-0.25, -0.2) is 4.67 Å². The lowest BCUT2D eigenvalue weighted by atomic mass is 9.98. The van der Waals surface area contributed by atoms with E-state index in [1.807, 2.05) is 0 Å². The fourth-order valence-electron chi connectivity index (χ4n) is 5.39. The molecule has 1 aliphatic heterocycles. The van der Waals surface area contributed by atoms with Gasteiger partial charge in [0.05, 0.1) is 32.3 Å². The molecule has 1 saturated heterocycles. The highest BCUT2D eigenvalue weighted by atomic mass is 31.2. The second-order valence-corrected chi connectivity index (χ2v) is 12.8. The van der Waals surface area contributed by atoms with Gasteiger partial charge >= 0.3 is 0 Å². The van der Waals surface area contributed by atoms with Crippen molar-refractivity contribution in [3.05, 3.63) is 0 Å². The SMILES string of the molecule is COC[C@H]1O[C@@H](OCCCCCCCCCCCCOP(OCCC#N)N(C(C)C)C(C)C)[C@H](OC)[C@@H](OC)[C@@H]1OC. The van der Waals surface area contributed by atoms with E-state index in [2.05, 4.69) is 38.4 Å². The monoisotopic (exact) mass is 620 g/mol. The van der Waals surface area contributed by atoms with Crippen molar-refractivity contribution < 1.29 is 37.5 Å². The molecule has 1 heterocycles. The lowest BCUT2D eigenvalue weighted by Crippen LogP contribution is -2.61. The number of hydrogen-bond acceptors (Lipinski definition) is 10. The molecule has 1 fully saturated rings. The van der Waals surface area contributed by atoms with E-state index >= 15 is 0 Å². The summed E-state index contributed by atoms with van der Waals surface area (Å²) in [5.74, 6) is 0. The fraction of sp³-hybridized carbons (Fsp3) is 0.968. The van der Waals surface area contributed by atoms with Crippen LogP contribution in [0.1, 0.15) is 98.3 Å². The third-order valence-corrected chi connectivity index (χ3v) is 9.53. The van der Waals surface area contributed by atoms with Crippen molar-refractivity contribution in [2.24, 2.45) is 0 Å². The molecule has 0 radical (unpaired) electrons. The van der Waals surface area contributed by atoms with Crippen LogP contribution in [0.15, 0.2) is 0 Å². The zero-order chi connectivity index (χ0) is 31.2. The number of hydrogen-bond donors (Lipinski definition) is 0. The van der Waals surface area contributed by atoms with Crippen LogP contribution in [0, 0.1) is 11.3 Å². The van der Waals surface area contributed by atoms with Crippen molar-refractivity contribution in [1.82, 2.24) is 4.67 Å². The van der Waals surface area contributed by atoms with Gasteiger partial charge in [0.25, 0.3) is 8.53 Å². The van der Waals surface area contributed by atoms with Crippen molar-refractivity contribution in [1.29, 1.82) is 5.26 Å². The third-order valence-electron chi connectivity index (χ3n) is 7.42. The number of nitrogens with zero attached hydrogens (tertiary/aromatic N) is 2. The zero-order valence-corrected chi connectivity index (χ0v) is 28.7. The summed E-state index contributed by atoms with van der Waals surface area (Å²) in [5, 5.41) is 8.84. The summed E-state index contributed by atoms with van der Waals surface area (Å²) in [7, 11) is 5.47. The Kier molecular flexibility index (Phi) is 23.4. The summed E-state index contributed by atoms with van der Waals surface area (Å²) >= 11 is 0. The molecule has 248 valence electrons. The Bertz CT molecular complexity index is 676. The maximum absolute atomic E-state index is 8.84.